The van der Waals surface area contributed by atoms with Crippen LogP contribution < -0.4 is 0 Å². The number of aliphatic hydroxyl groups is 3. The highest BCUT2D eigenvalue weighted by Gasteiger charge is 2.46. The Morgan fingerprint density at radius 2 is 0.838 bits per heavy atom. The minimum Gasteiger partial charge on any atom is -0.462 e. The molecule has 1 saturated heterocycles. The van der Waals surface area contributed by atoms with Gasteiger partial charge in [-0.25, -0.2) is 0 Å². The third-order valence-corrected chi connectivity index (χ3v) is 13.8. The molecule has 1 aliphatic rings. The molecule has 6 atom stereocenters. The highest BCUT2D eigenvalue weighted by molar-refractivity contribution is 7.85. The van der Waals surface area contributed by atoms with E-state index in [9.17, 15) is 37.9 Å². The van der Waals surface area contributed by atoms with E-state index >= 15 is 0 Å². The molecule has 0 spiro atoms. The molecule has 0 amide bonds. The van der Waals surface area contributed by atoms with E-state index in [1.807, 2.05) is 0 Å². The van der Waals surface area contributed by atoms with Crippen LogP contribution in [0.1, 0.15) is 258 Å². The van der Waals surface area contributed by atoms with E-state index < -0.39 is 71.2 Å². The Bertz CT molecular complexity index is 1340. The Morgan fingerprint density at radius 1 is 0.485 bits per heavy atom. The van der Waals surface area contributed by atoms with Gasteiger partial charge in [-0.1, -0.05) is 205 Å². The predicted octanol–water partition coefficient (Wildman–Crippen LogP) is 13.1. The van der Waals surface area contributed by atoms with Crippen molar-refractivity contribution in [3.05, 3.63) is 24.3 Å². The fourth-order valence-corrected chi connectivity index (χ4v) is 9.36. The third kappa shape index (κ3) is 38.8. The molecule has 4 N–H and O–H groups in total. The number of rotatable bonds is 48. The molecule has 0 aliphatic carbocycles. The van der Waals surface area contributed by atoms with Crippen molar-refractivity contribution in [2.24, 2.45) is 0 Å². The largest absolute Gasteiger partial charge is 0.462 e. The molecule has 0 radical (unpaired) electrons. The van der Waals surface area contributed by atoms with Crippen molar-refractivity contribution < 1.29 is 56.8 Å². The Kier molecular flexibility index (Phi) is 42.5. The molecule has 1 aliphatic heterocycles. The van der Waals surface area contributed by atoms with E-state index in [-0.39, 0.29) is 19.4 Å². The lowest BCUT2D eigenvalue weighted by molar-refractivity contribution is -0.297. The smallest absolute Gasteiger partial charge is 0.306 e. The summed E-state index contributed by atoms with van der Waals surface area (Å²) < 4.78 is 54.4. The zero-order valence-electron chi connectivity index (χ0n) is 43.2. The fourth-order valence-electron chi connectivity index (χ4n) is 8.67. The van der Waals surface area contributed by atoms with Gasteiger partial charge in [0.15, 0.2) is 12.4 Å². The molecule has 0 aromatic rings. The Labute approximate surface area is 415 Å². The number of carbonyl (C=O) groups excluding carboxylic acids is 2. The Hall–Kier alpha value is -1.87. The monoisotopic (exact) mass is 987 g/mol. The Balaban J connectivity index is 2.33. The van der Waals surface area contributed by atoms with Crippen LogP contribution in [0.3, 0.4) is 0 Å². The second kappa shape index (κ2) is 45.0. The lowest BCUT2D eigenvalue weighted by Crippen LogP contribution is -2.60. The van der Waals surface area contributed by atoms with Crippen molar-refractivity contribution in [2.45, 2.75) is 295 Å². The molecule has 68 heavy (non-hydrogen) atoms. The topological polar surface area (TPSA) is 186 Å². The first-order chi connectivity index (χ1) is 33.0. The van der Waals surface area contributed by atoms with Crippen LogP contribution in [0.15, 0.2) is 24.3 Å². The Morgan fingerprint density at radius 3 is 1.22 bits per heavy atom. The normalized spacial score (nSPS) is 19.3. The molecule has 1 rings (SSSR count). The van der Waals surface area contributed by atoms with E-state index in [0.717, 1.165) is 38.5 Å². The number of allylic oxidation sites excluding steroid dienone is 4. The summed E-state index contributed by atoms with van der Waals surface area (Å²) in [5.41, 5.74) is 0. The summed E-state index contributed by atoms with van der Waals surface area (Å²) in [5.74, 6) is -1.97. The number of aliphatic hydroxyl groups excluding tert-OH is 3. The average Bonchev–Trinajstić information content (AvgIpc) is 3.31. The molecule has 12 nitrogen and oxygen atoms in total. The van der Waals surface area contributed by atoms with Crippen LogP contribution in [-0.2, 0) is 38.7 Å². The maximum atomic E-state index is 12.9. The average molecular weight is 987 g/mol. The molecular formula is C55H102O12S. The SMILES string of the molecule is CCCCCCCC/C=C/CCCCCCCCCCCCCC(=O)O[C@H](COC(=O)CCCCCCCCCCC/C=C/CCCCCCCC)CO[C@H]1O[C@H](CS(=O)(=O)O)[C@@H](O)C(O)C1O. The van der Waals surface area contributed by atoms with Crippen molar-refractivity contribution in [1.29, 1.82) is 0 Å². The molecule has 0 saturated carbocycles. The molecule has 0 aromatic heterocycles. The van der Waals surface area contributed by atoms with Gasteiger partial charge in [0.1, 0.15) is 36.8 Å². The highest BCUT2D eigenvalue weighted by atomic mass is 32.2. The van der Waals surface area contributed by atoms with Gasteiger partial charge in [0, 0.05) is 12.8 Å². The van der Waals surface area contributed by atoms with E-state index in [1.165, 1.54) is 180 Å². The molecule has 1 fully saturated rings. The molecule has 400 valence electrons. The number of esters is 2. The van der Waals surface area contributed by atoms with Crippen molar-refractivity contribution in [3.63, 3.8) is 0 Å². The van der Waals surface area contributed by atoms with Gasteiger partial charge in [0.25, 0.3) is 10.1 Å². The first-order valence-corrected chi connectivity index (χ1v) is 29.5. The van der Waals surface area contributed by atoms with Crippen molar-refractivity contribution in [1.82, 2.24) is 0 Å². The second-order valence-electron chi connectivity index (χ2n) is 19.6. The maximum absolute atomic E-state index is 12.9. The molecular weight excluding hydrogens is 885 g/mol. The maximum Gasteiger partial charge on any atom is 0.306 e. The van der Waals surface area contributed by atoms with Crippen LogP contribution >= 0.6 is 0 Å². The van der Waals surface area contributed by atoms with Gasteiger partial charge < -0.3 is 34.3 Å². The first-order valence-electron chi connectivity index (χ1n) is 27.9. The summed E-state index contributed by atoms with van der Waals surface area (Å²) in [7, 11) is -4.61. The van der Waals surface area contributed by atoms with Crippen LogP contribution in [-0.4, -0.2) is 96.0 Å². The molecule has 2 unspecified atom stereocenters. The second-order valence-corrected chi connectivity index (χ2v) is 21.1. The lowest BCUT2D eigenvalue weighted by atomic mass is 10.00. The van der Waals surface area contributed by atoms with Crippen LogP contribution in [0, 0.1) is 0 Å². The van der Waals surface area contributed by atoms with Gasteiger partial charge >= 0.3 is 11.9 Å². The van der Waals surface area contributed by atoms with E-state index in [0.29, 0.717) is 12.8 Å². The van der Waals surface area contributed by atoms with Gasteiger partial charge in [0.05, 0.1) is 6.61 Å². The van der Waals surface area contributed by atoms with E-state index in [4.69, 9.17) is 18.9 Å². The zero-order chi connectivity index (χ0) is 49.8. The lowest BCUT2D eigenvalue weighted by Gasteiger charge is -2.40. The minimum absolute atomic E-state index is 0.166. The number of hydrogen-bond acceptors (Lipinski definition) is 11. The van der Waals surface area contributed by atoms with Crippen LogP contribution in [0.2, 0.25) is 0 Å². The van der Waals surface area contributed by atoms with Crippen LogP contribution in [0.5, 0.6) is 0 Å². The molecule has 0 aromatic carbocycles. The van der Waals surface area contributed by atoms with Crippen LogP contribution in [0.4, 0.5) is 0 Å². The molecule has 0 bridgehead atoms. The number of ether oxygens (including phenoxy) is 4. The third-order valence-electron chi connectivity index (χ3n) is 13.0. The predicted molar refractivity (Wildman–Crippen MR) is 275 cm³/mol. The summed E-state index contributed by atoms with van der Waals surface area (Å²) in [6.45, 7) is 3.80. The summed E-state index contributed by atoms with van der Waals surface area (Å²) in [6.07, 6.45) is 43.6. The van der Waals surface area contributed by atoms with Gasteiger partial charge in [-0.3, -0.25) is 14.1 Å². The van der Waals surface area contributed by atoms with Gasteiger partial charge in [-0.15, -0.1) is 0 Å². The standard InChI is InChI=1S/C55H102O12S/c1-3-5-7-9-11-13-15-17-19-21-23-24-26-28-30-32-34-36-38-40-42-44-51(57)66-48(46-65-55-54(60)53(59)52(58)49(67-55)47-68(61,62)63)45-64-50(56)43-41-39-37-35-33-31-29-27-25-22-20-18-16-14-12-10-8-6-4-2/h17-20,48-49,52-55,58-60H,3-16,21-47H2,1-2H3,(H,61,62,63)/b19-17+,20-18+/t48-,49-,52-,53?,54?,55+/m1/s1. The van der Waals surface area contributed by atoms with Gasteiger partial charge in [0.2, 0.25) is 0 Å². The summed E-state index contributed by atoms with van der Waals surface area (Å²) >= 11 is 0. The number of carbonyl (C=O) groups is 2. The molecule has 1 heterocycles. The summed E-state index contributed by atoms with van der Waals surface area (Å²) in [4.78, 5) is 25.6. The first kappa shape index (κ1) is 64.1. The van der Waals surface area contributed by atoms with E-state index in [2.05, 4.69) is 38.2 Å². The fraction of sp³-hybridized carbons (Fsp3) is 0.891. The van der Waals surface area contributed by atoms with Crippen molar-refractivity contribution in [2.75, 3.05) is 19.0 Å². The number of hydrogen-bond donors (Lipinski definition) is 4. The quantitative estimate of drug-likeness (QED) is 0.0196. The number of unbranched alkanes of at least 4 members (excludes halogenated alkanes) is 32. The van der Waals surface area contributed by atoms with E-state index in [1.54, 1.807) is 0 Å². The van der Waals surface area contributed by atoms with Crippen molar-refractivity contribution in [3.8, 4) is 0 Å². The minimum atomic E-state index is -4.61. The molecule has 13 heteroatoms. The van der Waals surface area contributed by atoms with Crippen LogP contribution in [0.25, 0.3) is 0 Å². The van der Waals surface area contributed by atoms with Gasteiger partial charge in [-0.2, -0.15) is 8.42 Å². The summed E-state index contributed by atoms with van der Waals surface area (Å²) in [6, 6.07) is 0. The zero-order valence-corrected chi connectivity index (χ0v) is 44.0. The summed E-state index contributed by atoms with van der Waals surface area (Å²) in [5, 5.41) is 31.0. The van der Waals surface area contributed by atoms with Crippen molar-refractivity contribution >= 4 is 22.1 Å². The van der Waals surface area contributed by atoms with Gasteiger partial charge in [-0.05, 0) is 64.2 Å². The highest BCUT2D eigenvalue weighted by Crippen LogP contribution is 2.24.